The molecule has 0 saturated carbocycles. The van der Waals surface area contributed by atoms with Gasteiger partial charge in [0, 0.05) is 0 Å². The Labute approximate surface area is 220 Å². The molecule has 0 amide bonds. The summed E-state index contributed by atoms with van der Waals surface area (Å²) in [7, 11) is 0. The van der Waals surface area contributed by atoms with E-state index >= 15 is 0 Å². The van der Waals surface area contributed by atoms with Crippen LogP contribution in [-0.2, 0) is 0 Å². The number of rotatable bonds is 9. The van der Waals surface area contributed by atoms with Gasteiger partial charge in [0.25, 0.3) is 0 Å². The van der Waals surface area contributed by atoms with Crippen molar-refractivity contribution in [2.75, 3.05) is 0 Å². The number of halogens is 2. The molecule has 4 aromatic carbocycles. The molecule has 0 saturated heterocycles. The van der Waals surface area contributed by atoms with E-state index in [1.165, 1.54) is 21.7 Å². The predicted molar refractivity (Wildman–Crippen MR) is 163 cm³/mol. The van der Waals surface area contributed by atoms with Gasteiger partial charge in [-0.2, -0.15) is 0 Å². The number of hydrogen-bond acceptors (Lipinski definition) is 0. The fourth-order valence-corrected chi connectivity index (χ4v) is 36.9. The Morgan fingerprint density at radius 1 is 0.375 bits per heavy atom. The topological polar surface area (TPSA) is 0 Å². The van der Waals surface area contributed by atoms with Crippen LogP contribution in [0.4, 0.5) is 0 Å². The summed E-state index contributed by atoms with van der Waals surface area (Å²) >= 11 is 0.474. The Hall–Kier alpha value is -0.0626. The number of unbranched alkanes of at least 4 members (excludes halogenated alkanes) is 1. The molecule has 0 N–H and O–H groups in total. The molecule has 0 aliphatic rings. The van der Waals surface area contributed by atoms with Crippen LogP contribution in [0.25, 0.3) is 0 Å². The van der Waals surface area contributed by atoms with Crippen molar-refractivity contribution in [1.82, 2.24) is 0 Å². The zero-order valence-electron chi connectivity index (χ0n) is 18.1. The van der Waals surface area contributed by atoms with Gasteiger partial charge < -0.3 is 0 Å². The summed E-state index contributed by atoms with van der Waals surface area (Å²) in [6, 6.07) is 45.4. The molecule has 162 valence electrons. The van der Waals surface area contributed by atoms with E-state index in [4.69, 9.17) is 0 Å². The van der Waals surface area contributed by atoms with E-state index in [2.05, 4.69) is 159 Å². The fourth-order valence-electron chi connectivity index (χ4n) is 4.46. The third kappa shape index (κ3) is 5.94. The van der Waals surface area contributed by atoms with Crippen LogP contribution < -0.4 is 14.3 Å². The van der Waals surface area contributed by atoms with Gasteiger partial charge in [0.1, 0.15) is 0 Å². The Kier molecular flexibility index (Phi) is 9.44. The Bertz CT molecular complexity index is 917. The Balaban J connectivity index is 1.54. The minimum absolute atomic E-state index is 1.32. The van der Waals surface area contributed by atoms with Crippen LogP contribution in [0.15, 0.2) is 121 Å². The molecule has 0 nitrogen and oxygen atoms in total. The zero-order valence-corrected chi connectivity index (χ0v) is 28.2. The molecule has 0 aromatic heterocycles. The molecule has 4 heteroatoms. The molecular formula is C28H28I2Sn2. The van der Waals surface area contributed by atoms with Gasteiger partial charge >= 0.3 is 223 Å². The van der Waals surface area contributed by atoms with E-state index in [1.54, 1.807) is 14.3 Å². The van der Waals surface area contributed by atoms with Crippen LogP contribution in [0.3, 0.4) is 0 Å². The van der Waals surface area contributed by atoms with E-state index in [9.17, 15) is 0 Å². The van der Waals surface area contributed by atoms with Crippen LogP contribution >= 0.6 is 37.3 Å². The number of hydrogen-bond donors (Lipinski definition) is 0. The molecule has 0 aliphatic heterocycles. The Morgan fingerprint density at radius 2 is 0.594 bits per heavy atom. The van der Waals surface area contributed by atoms with E-state index in [0.717, 1.165) is 0 Å². The van der Waals surface area contributed by atoms with Gasteiger partial charge in [0.2, 0.25) is 0 Å². The van der Waals surface area contributed by atoms with Gasteiger partial charge in [-0.1, -0.05) is 0 Å². The standard InChI is InChI=1S/4C6H5.C4H8.2HI.2Sn/c4*1-2-4-6-5-3-1;1-3-4-2;;;;/h4*1-5H;1-4H2;2*1H;;/q;;;;;;;2*+1/p-2. The summed E-state index contributed by atoms with van der Waals surface area (Å²) in [5.74, 6) is 0. The summed E-state index contributed by atoms with van der Waals surface area (Å²) in [5, 5.41) is 0. The van der Waals surface area contributed by atoms with Crippen LogP contribution in [0.2, 0.25) is 8.87 Å². The summed E-state index contributed by atoms with van der Waals surface area (Å²) in [6.07, 6.45) is 2.65. The molecule has 0 radical (unpaired) electrons. The molecule has 0 bridgehead atoms. The second kappa shape index (κ2) is 12.1. The molecule has 4 rings (SSSR count). The normalized spacial score (nSPS) is 11.9. The minimum atomic E-state index is -2.68. The molecule has 32 heavy (non-hydrogen) atoms. The summed E-state index contributed by atoms with van der Waals surface area (Å²) < 4.78 is 9.19. The molecule has 0 unspecified atom stereocenters. The van der Waals surface area contributed by atoms with Crippen LogP contribution in [0.1, 0.15) is 12.8 Å². The van der Waals surface area contributed by atoms with Gasteiger partial charge in [-0.15, -0.1) is 0 Å². The summed E-state index contributed by atoms with van der Waals surface area (Å²) in [4.78, 5) is 0. The SMILES string of the molecule is [I][Sn]([CH2]CC[CH2][Sn]([I])([c]1ccccc1)[c]1ccccc1)([c]1ccccc1)[c]1ccccc1. The average Bonchev–Trinajstić information content (AvgIpc) is 2.88. The Morgan fingerprint density at radius 3 is 0.812 bits per heavy atom. The van der Waals surface area contributed by atoms with Crippen molar-refractivity contribution in [2.24, 2.45) is 0 Å². The quantitative estimate of drug-likeness (QED) is 0.108. The first-order valence-corrected chi connectivity index (χ1v) is 37.6. The number of benzene rings is 4. The molecule has 0 atom stereocenters. The van der Waals surface area contributed by atoms with Crippen molar-refractivity contribution in [3.05, 3.63) is 121 Å². The van der Waals surface area contributed by atoms with Crippen molar-refractivity contribution in [1.29, 1.82) is 0 Å². The second-order valence-electron chi connectivity index (χ2n) is 8.27. The van der Waals surface area contributed by atoms with Crippen molar-refractivity contribution >= 4 is 80.4 Å². The van der Waals surface area contributed by atoms with Crippen LogP contribution in [0, 0.1) is 0 Å². The third-order valence-corrected chi connectivity index (χ3v) is 50.4. The predicted octanol–water partition coefficient (Wildman–Crippen LogP) is 6.16. The van der Waals surface area contributed by atoms with Gasteiger partial charge in [0.15, 0.2) is 0 Å². The van der Waals surface area contributed by atoms with E-state index in [-0.39, 0.29) is 0 Å². The van der Waals surface area contributed by atoms with Crippen LogP contribution in [0.5, 0.6) is 0 Å². The molecular weight excluding hydrogens is 828 g/mol. The van der Waals surface area contributed by atoms with Gasteiger partial charge in [-0.05, 0) is 0 Å². The van der Waals surface area contributed by atoms with Crippen molar-refractivity contribution in [2.45, 2.75) is 21.7 Å². The first kappa shape index (κ1) is 25.0. The average molecular weight is 856 g/mol. The van der Waals surface area contributed by atoms with Crippen molar-refractivity contribution in [3.8, 4) is 0 Å². The summed E-state index contributed by atoms with van der Waals surface area (Å²) in [5.41, 5.74) is 0. The monoisotopic (exact) mass is 858 g/mol. The second-order valence-corrected chi connectivity index (χ2v) is 51.6. The van der Waals surface area contributed by atoms with Gasteiger partial charge in [-0.3, -0.25) is 0 Å². The molecule has 4 aromatic rings. The van der Waals surface area contributed by atoms with Crippen molar-refractivity contribution in [3.63, 3.8) is 0 Å². The van der Waals surface area contributed by atoms with Gasteiger partial charge in [-0.25, -0.2) is 0 Å². The van der Waals surface area contributed by atoms with E-state index in [1.807, 2.05) is 0 Å². The first-order valence-electron chi connectivity index (χ1n) is 11.2. The van der Waals surface area contributed by atoms with E-state index in [0.29, 0.717) is 0 Å². The summed E-state index contributed by atoms with van der Waals surface area (Å²) in [6.45, 7) is 0. The fraction of sp³-hybridized carbons (Fsp3) is 0.143. The van der Waals surface area contributed by atoms with E-state index < -0.39 is 28.8 Å². The maximum absolute atomic E-state index is 2.92. The first-order chi connectivity index (χ1) is 15.6. The molecule has 0 fully saturated rings. The molecule has 0 heterocycles. The molecule has 0 spiro atoms. The maximum atomic E-state index is 2.92. The van der Waals surface area contributed by atoms with Crippen LogP contribution in [-0.4, -0.2) is 28.8 Å². The molecule has 0 aliphatic carbocycles. The zero-order chi connectivity index (χ0) is 22.3. The third-order valence-electron chi connectivity index (χ3n) is 6.22. The van der Waals surface area contributed by atoms with Crippen molar-refractivity contribution < 1.29 is 0 Å². The van der Waals surface area contributed by atoms with Gasteiger partial charge in [0.05, 0.1) is 0 Å².